The van der Waals surface area contributed by atoms with Gasteiger partial charge >= 0.3 is 18.2 Å². The van der Waals surface area contributed by atoms with E-state index < -0.39 is 29.8 Å². The summed E-state index contributed by atoms with van der Waals surface area (Å²) in [5, 5.41) is 0. The van der Waals surface area contributed by atoms with Crippen molar-refractivity contribution in [2.45, 2.75) is 18.2 Å². The van der Waals surface area contributed by atoms with Crippen molar-refractivity contribution in [3.8, 4) is 0 Å². The number of allylic oxidation sites excluding steroid dienone is 1. The summed E-state index contributed by atoms with van der Waals surface area (Å²) in [4.78, 5) is 5.55. The van der Waals surface area contributed by atoms with Gasteiger partial charge in [0.15, 0.2) is 0 Å². The van der Waals surface area contributed by atoms with E-state index in [0.717, 1.165) is 0 Å². The molecule has 88 valence electrons. The second kappa shape index (κ2) is 2.97. The second-order valence-corrected chi connectivity index (χ2v) is 2.40. The van der Waals surface area contributed by atoms with Crippen LogP contribution in [0, 0.1) is 0 Å². The first kappa shape index (κ1) is 12.0. The molecule has 2 nitrogen and oxygen atoms in total. The summed E-state index contributed by atoms with van der Waals surface area (Å²) in [5.74, 6) is -11.2. The molecule has 1 rings (SSSR count). The molecule has 0 fully saturated rings. The van der Waals surface area contributed by atoms with Crippen LogP contribution in [0.1, 0.15) is 0 Å². The number of halogens is 8. The highest BCUT2D eigenvalue weighted by Gasteiger charge is 2.70. The summed E-state index contributed by atoms with van der Waals surface area (Å²) in [7, 11) is 0. The molecule has 15 heavy (non-hydrogen) atoms. The molecule has 1 unspecified atom stereocenters. The van der Waals surface area contributed by atoms with Crippen LogP contribution in [0.3, 0.4) is 0 Å². The van der Waals surface area contributed by atoms with E-state index in [0.29, 0.717) is 0 Å². The van der Waals surface area contributed by atoms with Gasteiger partial charge in [-0.25, -0.2) is 4.39 Å². The van der Waals surface area contributed by atoms with Crippen LogP contribution in [-0.4, -0.2) is 18.2 Å². The van der Waals surface area contributed by atoms with Gasteiger partial charge in [-0.15, -0.1) is 4.89 Å². The van der Waals surface area contributed by atoms with E-state index in [1.807, 2.05) is 0 Å². The summed E-state index contributed by atoms with van der Waals surface area (Å²) in [6.45, 7) is 0. The number of alkyl halides is 7. The number of hydrogen-bond acceptors (Lipinski definition) is 2. The third kappa shape index (κ3) is 1.73. The van der Waals surface area contributed by atoms with Gasteiger partial charge in [0.25, 0.3) is 5.76 Å². The van der Waals surface area contributed by atoms with Crippen LogP contribution >= 0.6 is 0 Å². The molecule has 1 aliphatic heterocycles. The Labute approximate surface area is 76.0 Å². The van der Waals surface area contributed by atoms with Crippen molar-refractivity contribution in [2.75, 3.05) is 0 Å². The van der Waals surface area contributed by atoms with Gasteiger partial charge in [-0.1, -0.05) is 0 Å². The van der Waals surface area contributed by atoms with Gasteiger partial charge in [-0.05, 0) is 0 Å². The first-order valence-electron chi connectivity index (χ1n) is 3.09. The molecule has 0 aromatic rings. The largest absolute Gasteiger partial charge is 0.459 e. The van der Waals surface area contributed by atoms with E-state index in [-0.39, 0.29) is 0 Å². The molecule has 0 saturated carbocycles. The zero-order valence-corrected chi connectivity index (χ0v) is 6.34. The summed E-state index contributed by atoms with van der Waals surface area (Å²) in [6, 6.07) is 0. The van der Waals surface area contributed by atoms with Gasteiger partial charge in [0, 0.05) is 0 Å². The number of hydrogen-bond donors (Lipinski definition) is 0. The van der Waals surface area contributed by atoms with Crippen molar-refractivity contribution in [3.63, 3.8) is 0 Å². The summed E-state index contributed by atoms with van der Waals surface area (Å²) >= 11 is 0. The van der Waals surface area contributed by atoms with Gasteiger partial charge in [0.2, 0.25) is 5.83 Å². The highest BCUT2D eigenvalue weighted by molar-refractivity contribution is 5.19. The third-order valence-corrected chi connectivity index (χ3v) is 1.34. The molecule has 0 radical (unpaired) electrons. The SMILES string of the molecule is FC1=C(C(F)(F)F)OOC1(F)C(F)(F)F. The van der Waals surface area contributed by atoms with Crippen molar-refractivity contribution < 1.29 is 44.9 Å². The zero-order valence-electron chi connectivity index (χ0n) is 6.34. The summed E-state index contributed by atoms with van der Waals surface area (Å²) in [6.07, 6.45) is -11.6. The average molecular weight is 244 g/mol. The average Bonchev–Trinajstić information content (AvgIpc) is 2.27. The lowest BCUT2D eigenvalue weighted by atomic mass is 10.2. The molecule has 0 spiro atoms. The topological polar surface area (TPSA) is 18.5 Å². The Morgan fingerprint density at radius 2 is 1.47 bits per heavy atom. The quantitative estimate of drug-likeness (QED) is 0.481. The molecule has 1 heterocycles. The van der Waals surface area contributed by atoms with Gasteiger partial charge in [-0.2, -0.15) is 30.7 Å². The predicted octanol–water partition coefficient (Wildman–Crippen LogP) is 2.92. The Hall–Kier alpha value is -1.06. The minimum atomic E-state index is -6.01. The van der Waals surface area contributed by atoms with E-state index in [1.165, 1.54) is 0 Å². The van der Waals surface area contributed by atoms with Gasteiger partial charge < -0.3 is 4.89 Å². The van der Waals surface area contributed by atoms with Gasteiger partial charge in [0.1, 0.15) is 0 Å². The Balaban J connectivity index is 3.18. The second-order valence-electron chi connectivity index (χ2n) is 2.40. The first-order chi connectivity index (χ1) is 6.50. The minimum Gasteiger partial charge on any atom is -0.325 e. The van der Waals surface area contributed by atoms with Gasteiger partial charge in [-0.3, -0.25) is 0 Å². The van der Waals surface area contributed by atoms with E-state index in [9.17, 15) is 35.1 Å². The fourth-order valence-corrected chi connectivity index (χ4v) is 0.662. The van der Waals surface area contributed by atoms with Crippen LogP contribution in [0.2, 0.25) is 0 Å². The standard InChI is InChI=1S/C5F8O2/c6-1-2(4(8,9)10)14-15-3(1,7)5(11,12)13. The summed E-state index contributed by atoms with van der Waals surface area (Å²) < 4.78 is 95.4. The van der Waals surface area contributed by atoms with E-state index in [1.54, 1.807) is 0 Å². The van der Waals surface area contributed by atoms with E-state index in [4.69, 9.17) is 0 Å². The third-order valence-electron chi connectivity index (χ3n) is 1.34. The predicted molar refractivity (Wildman–Crippen MR) is 26.3 cm³/mol. The van der Waals surface area contributed by atoms with Gasteiger partial charge in [0.05, 0.1) is 0 Å². The van der Waals surface area contributed by atoms with Crippen molar-refractivity contribution in [1.29, 1.82) is 0 Å². The molecule has 0 aromatic heterocycles. The maximum absolute atomic E-state index is 12.6. The molecule has 0 saturated heterocycles. The van der Waals surface area contributed by atoms with Crippen LogP contribution < -0.4 is 0 Å². The molecule has 1 atom stereocenters. The Morgan fingerprint density at radius 3 is 1.67 bits per heavy atom. The van der Waals surface area contributed by atoms with Crippen molar-refractivity contribution in [3.05, 3.63) is 11.6 Å². The van der Waals surface area contributed by atoms with E-state index >= 15 is 0 Å². The molecular weight excluding hydrogens is 244 g/mol. The Kier molecular flexibility index (Phi) is 2.38. The first-order valence-corrected chi connectivity index (χ1v) is 3.09. The molecule has 0 aromatic carbocycles. The molecule has 0 bridgehead atoms. The highest BCUT2D eigenvalue weighted by atomic mass is 19.4. The van der Waals surface area contributed by atoms with Crippen molar-refractivity contribution >= 4 is 0 Å². The fourth-order valence-electron chi connectivity index (χ4n) is 0.662. The normalized spacial score (nSPS) is 28.3. The van der Waals surface area contributed by atoms with E-state index in [2.05, 4.69) is 9.78 Å². The van der Waals surface area contributed by atoms with Crippen LogP contribution in [0.4, 0.5) is 35.1 Å². The van der Waals surface area contributed by atoms with Crippen molar-refractivity contribution in [1.82, 2.24) is 0 Å². The fraction of sp³-hybridized carbons (Fsp3) is 0.600. The highest BCUT2D eigenvalue weighted by Crippen LogP contribution is 2.50. The Bertz CT molecular complexity index is 301. The monoisotopic (exact) mass is 244 g/mol. The maximum Gasteiger partial charge on any atom is 0.459 e. The Morgan fingerprint density at radius 1 is 1.00 bits per heavy atom. The van der Waals surface area contributed by atoms with Crippen LogP contribution in [0.25, 0.3) is 0 Å². The molecular formula is C5F8O2. The molecule has 0 amide bonds. The lowest BCUT2D eigenvalue weighted by molar-refractivity contribution is -0.423. The zero-order chi connectivity index (χ0) is 12.1. The smallest absolute Gasteiger partial charge is 0.325 e. The molecule has 0 aliphatic carbocycles. The number of rotatable bonds is 0. The van der Waals surface area contributed by atoms with Crippen LogP contribution in [0.5, 0.6) is 0 Å². The maximum atomic E-state index is 12.6. The summed E-state index contributed by atoms with van der Waals surface area (Å²) in [5.41, 5.74) is 0. The molecule has 10 heteroatoms. The van der Waals surface area contributed by atoms with Crippen LogP contribution in [-0.2, 0) is 9.78 Å². The van der Waals surface area contributed by atoms with Crippen molar-refractivity contribution in [2.24, 2.45) is 0 Å². The minimum absolute atomic E-state index is 2.70. The molecule has 0 N–H and O–H groups in total. The lowest BCUT2D eigenvalue weighted by Gasteiger charge is -2.17. The van der Waals surface area contributed by atoms with Crippen LogP contribution in [0.15, 0.2) is 11.6 Å². The lowest BCUT2D eigenvalue weighted by Crippen LogP contribution is -2.41. The molecule has 1 aliphatic rings.